The highest BCUT2D eigenvalue weighted by molar-refractivity contribution is 9.10. The van der Waals surface area contributed by atoms with Crippen LogP contribution in [0.2, 0.25) is 0 Å². The molecule has 1 aromatic carbocycles. The van der Waals surface area contributed by atoms with Crippen molar-refractivity contribution in [2.75, 3.05) is 6.54 Å². The van der Waals surface area contributed by atoms with Crippen LogP contribution in [0.1, 0.15) is 16.1 Å². The Morgan fingerprint density at radius 1 is 1.10 bits per heavy atom. The first-order valence-corrected chi connectivity index (χ1v) is 7.61. The van der Waals surface area contributed by atoms with E-state index in [1.807, 2.05) is 24.3 Å². The Kier molecular flexibility index (Phi) is 5.19. The van der Waals surface area contributed by atoms with Gasteiger partial charge in [-0.1, -0.05) is 28.1 Å². The van der Waals surface area contributed by atoms with Gasteiger partial charge in [0.2, 0.25) is 5.91 Å². The molecule has 0 radical (unpaired) electrons. The van der Waals surface area contributed by atoms with Crippen LogP contribution in [0.5, 0.6) is 0 Å². The van der Waals surface area contributed by atoms with Crippen molar-refractivity contribution in [3.63, 3.8) is 0 Å². The van der Waals surface area contributed by atoms with Gasteiger partial charge in [-0.2, -0.15) is 0 Å². The molecule has 0 atom stereocenters. The molecule has 5 nitrogen and oxygen atoms in total. The van der Waals surface area contributed by atoms with Crippen LogP contribution in [-0.4, -0.2) is 23.3 Å². The van der Waals surface area contributed by atoms with Crippen LogP contribution in [0.3, 0.4) is 0 Å². The van der Waals surface area contributed by atoms with Crippen molar-refractivity contribution in [2.24, 2.45) is 5.73 Å². The smallest absolute Gasteiger partial charge is 0.290 e. The van der Waals surface area contributed by atoms with E-state index >= 15 is 0 Å². The maximum atomic E-state index is 12.4. The van der Waals surface area contributed by atoms with Crippen LogP contribution in [0, 0.1) is 0 Å². The largest absolute Gasteiger partial charge is 0.444 e. The zero-order valence-corrected chi connectivity index (χ0v) is 14.1. The Balaban J connectivity index is 2.19. The Morgan fingerprint density at radius 3 is 2.29 bits per heavy atom. The minimum absolute atomic E-state index is 0.153. The van der Waals surface area contributed by atoms with Gasteiger partial charge in [-0.05, 0) is 45.8 Å². The third kappa shape index (κ3) is 4.44. The van der Waals surface area contributed by atoms with Gasteiger partial charge in [-0.25, -0.2) is 0 Å². The Morgan fingerprint density at radius 2 is 1.76 bits per heavy atom. The maximum absolute atomic E-state index is 12.4. The first-order chi connectivity index (χ1) is 9.95. The van der Waals surface area contributed by atoms with E-state index in [1.54, 1.807) is 12.1 Å². The van der Waals surface area contributed by atoms with Crippen molar-refractivity contribution in [1.82, 2.24) is 4.90 Å². The van der Waals surface area contributed by atoms with Crippen LogP contribution in [0.25, 0.3) is 0 Å². The molecule has 21 heavy (non-hydrogen) atoms. The summed E-state index contributed by atoms with van der Waals surface area (Å²) in [6.07, 6.45) is 0. The van der Waals surface area contributed by atoms with Crippen LogP contribution in [0.15, 0.2) is 50.0 Å². The van der Waals surface area contributed by atoms with E-state index in [9.17, 15) is 9.59 Å². The molecule has 0 bridgehead atoms. The van der Waals surface area contributed by atoms with E-state index in [0.717, 1.165) is 10.0 Å². The van der Waals surface area contributed by atoms with Crippen molar-refractivity contribution in [1.29, 1.82) is 0 Å². The van der Waals surface area contributed by atoms with Gasteiger partial charge in [0.15, 0.2) is 10.4 Å². The first kappa shape index (κ1) is 15.8. The van der Waals surface area contributed by atoms with Gasteiger partial charge >= 0.3 is 0 Å². The fourth-order valence-electron chi connectivity index (χ4n) is 1.78. The predicted molar refractivity (Wildman–Crippen MR) is 84.5 cm³/mol. The van der Waals surface area contributed by atoms with Crippen molar-refractivity contribution >= 4 is 43.7 Å². The molecule has 0 aliphatic heterocycles. The van der Waals surface area contributed by atoms with Gasteiger partial charge in [-0.3, -0.25) is 9.59 Å². The Hall–Kier alpha value is -1.60. The van der Waals surface area contributed by atoms with E-state index in [1.165, 1.54) is 4.90 Å². The van der Waals surface area contributed by atoms with E-state index in [-0.39, 0.29) is 24.8 Å². The number of nitrogens with two attached hydrogens (primary N) is 1. The summed E-state index contributed by atoms with van der Waals surface area (Å²) in [5.74, 6) is -0.811. The molecular formula is C14H12Br2N2O3. The minimum Gasteiger partial charge on any atom is -0.444 e. The molecule has 0 aliphatic carbocycles. The molecule has 0 aliphatic rings. The monoisotopic (exact) mass is 414 g/mol. The summed E-state index contributed by atoms with van der Waals surface area (Å²) in [4.78, 5) is 24.9. The van der Waals surface area contributed by atoms with Crippen LogP contribution >= 0.6 is 31.9 Å². The molecule has 110 valence electrons. The Bertz CT molecular complexity index is 652. The third-order valence-electron chi connectivity index (χ3n) is 2.70. The maximum Gasteiger partial charge on any atom is 0.290 e. The lowest BCUT2D eigenvalue weighted by Gasteiger charge is -2.20. The van der Waals surface area contributed by atoms with E-state index in [4.69, 9.17) is 10.2 Å². The average molecular weight is 416 g/mol. The molecule has 0 saturated carbocycles. The number of carbonyl (C=O) groups excluding carboxylic acids is 2. The molecule has 0 fully saturated rings. The summed E-state index contributed by atoms with van der Waals surface area (Å²) in [7, 11) is 0. The summed E-state index contributed by atoms with van der Waals surface area (Å²) in [6.45, 7) is 0.0978. The first-order valence-electron chi connectivity index (χ1n) is 6.03. The predicted octanol–water partition coefficient (Wildman–Crippen LogP) is 2.93. The lowest BCUT2D eigenvalue weighted by molar-refractivity contribution is -0.118. The second kappa shape index (κ2) is 6.91. The highest BCUT2D eigenvalue weighted by Gasteiger charge is 2.21. The van der Waals surface area contributed by atoms with Gasteiger partial charge in [0.05, 0.1) is 0 Å². The van der Waals surface area contributed by atoms with Crippen LogP contribution in [-0.2, 0) is 11.3 Å². The highest BCUT2D eigenvalue weighted by atomic mass is 79.9. The van der Waals surface area contributed by atoms with Crippen LogP contribution < -0.4 is 5.73 Å². The molecule has 2 N–H and O–H groups in total. The molecule has 1 heterocycles. The van der Waals surface area contributed by atoms with Gasteiger partial charge in [0.25, 0.3) is 5.91 Å². The van der Waals surface area contributed by atoms with Gasteiger partial charge < -0.3 is 15.1 Å². The van der Waals surface area contributed by atoms with Gasteiger partial charge in [-0.15, -0.1) is 0 Å². The van der Waals surface area contributed by atoms with Crippen molar-refractivity contribution in [3.05, 3.63) is 56.9 Å². The fraction of sp³-hybridized carbons (Fsp3) is 0.143. The van der Waals surface area contributed by atoms with Crippen molar-refractivity contribution in [2.45, 2.75) is 6.54 Å². The molecule has 2 rings (SSSR count). The van der Waals surface area contributed by atoms with Crippen molar-refractivity contribution < 1.29 is 14.0 Å². The fourth-order valence-corrected chi connectivity index (χ4v) is 2.35. The molecule has 1 aromatic heterocycles. The number of carbonyl (C=O) groups is 2. The standard InChI is InChI=1S/C14H12Br2N2O3/c15-10-3-1-9(2-4-10)7-18(8-13(17)19)14(20)11-5-6-12(16)21-11/h1-6H,7-8H2,(H2,17,19). The Labute approximate surface area is 138 Å². The number of benzene rings is 1. The minimum atomic E-state index is -0.578. The zero-order valence-electron chi connectivity index (χ0n) is 10.9. The second-order valence-electron chi connectivity index (χ2n) is 4.36. The van der Waals surface area contributed by atoms with Gasteiger partial charge in [0.1, 0.15) is 6.54 Å². The lowest BCUT2D eigenvalue weighted by Crippen LogP contribution is -2.37. The summed E-state index contributed by atoms with van der Waals surface area (Å²) >= 11 is 6.49. The summed E-state index contributed by atoms with van der Waals surface area (Å²) in [6, 6.07) is 10.6. The third-order valence-corrected chi connectivity index (χ3v) is 3.66. The number of primary amides is 1. The summed E-state index contributed by atoms with van der Waals surface area (Å²) < 4.78 is 6.62. The number of furan rings is 1. The van der Waals surface area contributed by atoms with Crippen molar-refractivity contribution in [3.8, 4) is 0 Å². The molecule has 0 spiro atoms. The van der Waals surface area contributed by atoms with Gasteiger partial charge in [0, 0.05) is 11.0 Å². The molecular weight excluding hydrogens is 404 g/mol. The number of hydrogen-bond acceptors (Lipinski definition) is 3. The van der Waals surface area contributed by atoms with E-state index < -0.39 is 5.91 Å². The normalized spacial score (nSPS) is 10.4. The van der Waals surface area contributed by atoms with Crippen LogP contribution in [0.4, 0.5) is 0 Å². The average Bonchev–Trinajstić information content (AvgIpc) is 2.86. The zero-order chi connectivity index (χ0) is 15.4. The molecule has 0 saturated heterocycles. The number of amides is 2. The summed E-state index contributed by atoms with van der Waals surface area (Å²) in [5, 5.41) is 0. The topological polar surface area (TPSA) is 76.5 Å². The quantitative estimate of drug-likeness (QED) is 0.815. The number of halogens is 2. The van der Waals surface area contributed by atoms with E-state index in [2.05, 4.69) is 31.9 Å². The summed E-state index contributed by atoms with van der Waals surface area (Å²) in [5.41, 5.74) is 6.10. The molecule has 0 unspecified atom stereocenters. The number of nitrogens with zero attached hydrogens (tertiary/aromatic N) is 1. The molecule has 2 amide bonds. The highest BCUT2D eigenvalue weighted by Crippen LogP contribution is 2.18. The molecule has 2 aromatic rings. The molecule has 7 heteroatoms. The lowest BCUT2D eigenvalue weighted by atomic mass is 10.2. The number of rotatable bonds is 5. The van der Waals surface area contributed by atoms with E-state index in [0.29, 0.717) is 4.67 Å². The second-order valence-corrected chi connectivity index (χ2v) is 6.06. The number of hydrogen-bond donors (Lipinski definition) is 1. The SMILES string of the molecule is NC(=O)CN(Cc1ccc(Br)cc1)C(=O)c1ccc(Br)o1.